The van der Waals surface area contributed by atoms with Gasteiger partial charge in [0.15, 0.2) is 0 Å². The van der Waals surface area contributed by atoms with Crippen LogP contribution >= 0.6 is 0 Å². The second-order valence-electron chi connectivity index (χ2n) is 11.6. The van der Waals surface area contributed by atoms with Crippen molar-refractivity contribution in [2.24, 2.45) is 11.8 Å². The number of nitrogens with zero attached hydrogens (tertiary/aromatic N) is 1. The molecule has 0 fully saturated rings. The van der Waals surface area contributed by atoms with Crippen molar-refractivity contribution in [3.8, 4) is 5.75 Å². The molecule has 6 nitrogen and oxygen atoms in total. The molecule has 1 amide bonds. The van der Waals surface area contributed by atoms with Gasteiger partial charge in [0, 0.05) is 12.5 Å². The molecule has 3 atom stereocenters. The molecule has 0 aromatic heterocycles. The third-order valence-electron chi connectivity index (χ3n) is 8.10. The number of carbonyl (C=O) groups is 2. The van der Waals surface area contributed by atoms with Gasteiger partial charge in [0.1, 0.15) is 19.0 Å². The number of aliphatic hydroxyl groups excluding tert-OH is 1. The molecule has 1 N–H and O–H groups in total. The number of amides is 1. The standard InChI is InChI=1S/C41H45NO5/c1-3-14-36(28-32-16-8-5-9-17-32)40(44)42(30-34-22-24-38(25-23-34)46-27-26-43)39(35-20-12-7-13-21-35)31-47-41(45)37(15-4-2)29-33-18-10-6-11-19-33/h3-13,16-25,36-37,39,43H,1-2,14-15,26-31H2/t36-,37-,39-/m1/s1. The third-order valence-corrected chi connectivity index (χ3v) is 8.10. The van der Waals surface area contributed by atoms with Crippen LogP contribution in [-0.4, -0.2) is 41.7 Å². The van der Waals surface area contributed by atoms with Gasteiger partial charge in [-0.3, -0.25) is 9.59 Å². The van der Waals surface area contributed by atoms with E-state index in [2.05, 4.69) is 13.2 Å². The van der Waals surface area contributed by atoms with Crippen LogP contribution in [0.1, 0.15) is 41.1 Å². The van der Waals surface area contributed by atoms with Crippen molar-refractivity contribution in [2.45, 2.75) is 38.3 Å². The van der Waals surface area contributed by atoms with Crippen molar-refractivity contribution in [1.82, 2.24) is 4.90 Å². The van der Waals surface area contributed by atoms with E-state index >= 15 is 0 Å². The number of rotatable bonds is 19. The van der Waals surface area contributed by atoms with Crippen LogP contribution in [-0.2, 0) is 33.7 Å². The summed E-state index contributed by atoms with van der Waals surface area (Å²) in [5.74, 6) is -0.496. The van der Waals surface area contributed by atoms with Gasteiger partial charge in [0.25, 0.3) is 0 Å². The smallest absolute Gasteiger partial charge is 0.309 e. The van der Waals surface area contributed by atoms with Gasteiger partial charge < -0.3 is 19.5 Å². The number of ether oxygens (including phenoxy) is 2. The Balaban J connectivity index is 1.66. The summed E-state index contributed by atoms with van der Waals surface area (Å²) in [6.07, 6.45) is 5.60. The highest BCUT2D eigenvalue weighted by molar-refractivity contribution is 5.80. The largest absolute Gasteiger partial charge is 0.491 e. The van der Waals surface area contributed by atoms with Crippen LogP contribution in [0.25, 0.3) is 0 Å². The third kappa shape index (κ3) is 10.8. The van der Waals surface area contributed by atoms with Gasteiger partial charge in [-0.15, -0.1) is 13.2 Å². The molecule has 0 heterocycles. The SMILES string of the molecule is C=CC[C@H](Cc1ccccc1)C(=O)OC[C@H](c1ccccc1)N(Cc1ccc(OCCO)cc1)C(=O)[C@H](CC=C)Cc1ccccc1. The number of benzene rings is 4. The lowest BCUT2D eigenvalue weighted by atomic mass is 9.93. The molecule has 0 saturated heterocycles. The van der Waals surface area contributed by atoms with E-state index in [1.54, 1.807) is 12.2 Å². The Kier molecular flexibility index (Phi) is 14.0. The Bertz CT molecular complexity index is 1520. The van der Waals surface area contributed by atoms with Crippen molar-refractivity contribution < 1.29 is 24.2 Å². The van der Waals surface area contributed by atoms with Crippen molar-refractivity contribution >= 4 is 11.9 Å². The minimum absolute atomic E-state index is 0.000853. The molecule has 4 aromatic carbocycles. The van der Waals surface area contributed by atoms with Crippen molar-refractivity contribution in [1.29, 1.82) is 0 Å². The average Bonchev–Trinajstić information content (AvgIpc) is 3.11. The number of esters is 1. The van der Waals surface area contributed by atoms with Crippen LogP contribution in [0.4, 0.5) is 0 Å². The van der Waals surface area contributed by atoms with Crippen molar-refractivity contribution in [2.75, 3.05) is 19.8 Å². The van der Waals surface area contributed by atoms with E-state index in [9.17, 15) is 9.59 Å². The summed E-state index contributed by atoms with van der Waals surface area (Å²) >= 11 is 0. The Labute approximate surface area is 279 Å². The van der Waals surface area contributed by atoms with Crippen LogP contribution in [0.15, 0.2) is 141 Å². The lowest BCUT2D eigenvalue weighted by Gasteiger charge is -2.35. The fourth-order valence-electron chi connectivity index (χ4n) is 5.68. The summed E-state index contributed by atoms with van der Waals surface area (Å²) in [4.78, 5) is 30.1. The van der Waals surface area contributed by atoms with Crippen LogP contribution < -0.4 is 4.74 Å². The van der Waals surface area contributed by atoms with E-state index < -0.39 is 12.0 Å². The summed E-state index contributed by atoms with van der Waals surface area (Å²) in [6, 6.07) is 36.5. The monoisotopic (exact) mass is 631 g/mol. The van der Waals surface area contributed by atoms with Crippen LogP contribution in [0, 0.1) is 11.8 Å². The van der Waals surface area contributed by atoms with E-state index in [1.165, 1.54) is 0 Å². The Morgan fingerprint density at radius 1 is 0.702 bits per heavy atom. The number of allylic oxidation sites excluding steroid dienone is 2. The topological polar surface area (TPSA) is 76.1 Å². The predicted octanol–water partition coefficient (Wildman–Crippen LogP) is 7.54. The van der Waals surface area contributed by atoms with Gasteiger partial charge in [-0.1, -0.05) is 115 Å². The molecular formula is C41H45NO5. The highest BCUT2D eigenvalue weighted by atomic mass is 16.5. The van der Waals surface area contributed by atoms with E-state index in [-0.39, 0.29) is 37.6 Å². The molecule has 47 heavy (non-hydrogen) atoms. The van der Waals surface area contributed by atoms with Gasteiger partial charge in [0.05, 0.1) is 18.6 Å². The van der Waals surface area contributed by atoms with Crippen molar-refractivity contribution in [3.05, 3.63) is 163 Å². The summed E-state index contributed by atoms with van der Waals surface area (Å²) < 4.78 is 11.7. The molecule has 0 aliphatic carbocycles. The van der Waals surface area contributed by atoms with Gasteiger partial charge >= 0.3 is 5.97 Å². The van der Waals surface area contributed by atoms with Crippen LogP contribution in [0.5, 0.6) is 5.75 Å². The quantitative estimate of drug-likeness (QED) is 0.0855. The minimum Gasteiger partial charge on any atom is -0.491 e. The fourth-order valence-corrected chi connectivity index (χ4v) is 5.68. The van der Waals surface area contributed by atoms with Gasteiger partial charge in [-0.25, -0.2) is 0 Å². The first-order valence-corrected chi connectivity index (χ1v) is 16.2. The number of hydrogen-bond donors (Lipinski definition) is 1. The maximum absolute atomic E-state index is 14.7. The molecule has 0 bridgehead atoms. The maximum atomic E-state index is 14.7. The molecule has 0 aliphatic heterocycles. The number of hydrogen-bond acceptors (Lipinski definition) is 5. The zero-order valence-corrected chi connectivity index (χ0v) is 27.0. The zero-order chi connectivity index (χ0) is 33.3. The summed E-state index contributed by atoms with van der Waals surface area (Å²) in [5.41, 5.74) is 3.88. The number of aliphatic hydroxyl groups is 1. The van der Waals surface area contributed by atoms with E-state index in [0.29, 0.717) is 38.0 Å². The fraction of sp³-hybridized carbons (Fsp3) is 0.268. The first-order valence-electron chi connectivity index (χ1n) is 16.2. The summed E-state index contributed by atoms with van der Waals surface area (Å²) in [7, 11) is 0. The Morgan fingerprint density at radius 2 is 1.23 bits per heavy atom. The summed E-state index contributed by atoms with van der Waals surface area (Å²) in [6.45, 7) is 8.24. The van der Waals surface area contributed by atoms with E-state index in [0.717, 1.165) is 22.3 Å². The van der Waals surface area contributed by atoms with E-state index in [4.69, 9.17) is 14.6 Å². The first kappa shape index (κ1) is 34.9. The van der Waals surface area contributed by atoms with E-state index in [1.807, 2.05) is 120 Å². The van der Waals surface area contributed by atoms with Crippen molar-refractivity contribution in [3.63, 3.8) is 0 Å². The Hall–Kier alpha value is -4.94. The zero-order valence-electron chi connectivity index (χ0n) is 27.0. The molecule has 0 aliphatic rings. The average molecular weight is 632 g/mol. The normalized spacial score (nSPS) is 12.7. The Morgan fingerprint density at radius 3 is 1.79 bits per heavy atom. The molecule has 244 valence electrons. The second kappa shape index (κ2) is 18.9. The molecule has 0 radical (unpaired) electrons. The predicted molar refractivity (Wildman–Crippen MR) is 187 cm³/mol. The van der Waals surface area contributed by atoms with Crippen LogP contribution in [0.3, 0.4) is 0 Å². The maximum Gasteiger partial charge on any atom is 0.309 e. The van der Waals surface area contributed by atoms with Gasteiger partial charge in [-0.05, 0) is 60.1 Å². The molecule has 0 unspecified atom stereocenters. The molecule has 0 saturated carbocycles. The molecule has 0 spiro atoms. The summed E-state index contributed by atoms with van der Waals surface area (Å²) in [5, 5.41) is 9.14. The second-order valence-corrected chi connectivity index (χ2v) is 11.6. The van der Waals surface area contributed by atoms with Gasteiger partial charge in [-0.2, -0.15) is 0 Å². The molecule has 6 heteroatoms. The first-order chi connectivity index (χ1) is 23.0. The molecule has 4 rings (SSSR count). The lowest BCUT2D eigenvalue weighted by Crippen LogP contribution is -2.41. The van der Waals surface area contributed by atoms with Gasteiger partial charge in [0.2, 0.25) is 5.91 Å². The highest BCUT2D eigenvalue weighted by Gasteiger charge is 2.32. The minimum atomic E-state index is -0.540. The molecular weight excluding hydrogens is 586 g/mol. The highest BCUT2D eigenvalue weighted by Crippen LogP contribution is 2.29. The number of carbonyl (C=O) groups excluding carboxylic acids is 2. The van der Waals surface area contributed by atoms with Crippen LogP contribution in [0.2, 0.25) is 0 Å². The molecule has 4 aromatic rings. The lowest BCUT2D eigenvalue weighted by molar-refractivity contribution is -0.154.